The lowest BCUT2D eigenvalue weighted by atomic mass is 10.2. The van der Waals surface area contributed by atoms with Crippen molar-refractivity contribution in [3.63, 3.8) is 0 Å². The maximum atomic E-state index is 9.66. The van der Waals surface area contributed by atoms with Gasteiger partial charge in [-0.25, -0.2) is 4.52 Å². The summed E-state index contributed by atoms with van der Waals surface area (Å²) in [6.07, 6.45) is 1.88. The Hall–Kier alpha value is -1.42. The van der Waals surface area contributed by atoms with Crippen LogP contribution in [0, 0.1) is 0 Å². The quantitative estimate of drug-likeness (QED) is 0.749. The van der Waals surface area contributed by atoms with Crippen molar-refractivity contribution < 1.29 is 5.11 Å². The number of pyridine rings is 1. The summed E-state index contributed by atoms with van der Waals surface area (Å²) >= 11 is 0. The molecule has 0 bridgehead atoms. The second-order valence-electron chi connectivity index (χ2n) is 2.95. The number of aliphatic hydroxyl groups is 1. The Morgan fingerprint density at radius 1 is 1.54 bits per heavy atom. The lowest BCUT2D eigenvalue weighted by Gasteiger charge is -2.08. The summed E-state index contributed by atoms with van der Waals surface area (Å²) in [5.74, 6) is 0. The first kappa shape index (κ1) is 8.19. The van der Waals surface area contributed by atoms with E-state index in [1.54, 1.807) is 10.7 Å². The van der Waals surface area contributed by atoms with Crippen LogP contribution in [0.1, 0.15) is 25.1 Å². The summed E-state index contributed by atoms with van der Waals surface area (Å²) in [7, 11) is 0. The van der Waals surface area contributed by atoms with Crippen LogP contribution in [0.5, 0.6) is 0 Å². The van der Waals surface area contributed by atoms with Crippen molar-refractivity contribution in [1.82, 2.24) is 14.8 Å². The predicted octanol–water partition coefficient (Wildman–Crippen LogP) is 1.17. The molecule has 2 aromatic heterocycles. The van der Waals surface area contributed by atoms with Gasteiger partial charge < -0.3 is 5.11 Å². The summed E-state index contributed by atoms with van der Waals surface area (Å²) in [5, 5.41) is 17.3. The molecule has 1 N–H and O–H groups in total. The Bertz CT molecular complexity index is 410. The van der Waals surface area contributed by atoms with Gasteiger partial charge in [-0.3, -0.25) is 0 Å². The normalized spacial score (nSPS) is 13.4. The molecule has 0 unspecified atom stereocenters. The fourth-order valence-electron chi connectivity index (χ4n) is 1.33. The maximum absolute atomic E-state index is 9.66. The third-order valence-electron chi connectivity index (χ3n) is 2.08. The van der Waals surface area contributed by atoms with Crippen LogP contribution in [-0.2, 0) is 0 Å². The smallest absolute Gasteiger partial charge is 0.0958 e. The minimum atomic E-state index is -0.467. The molecule has 2 heterocycles. The van der Waals surface area contributed by atoms with Gasteiger partial charge >= 0.3 is 0 Å². The van der Waals surface area contributed by atoms with E-state index < -0.39 is 6.10 Å². The molecule has 0 fully saturated rings. The van der Waals surface area contributed by atoms with Gasteiger partial charge in [0, 0.05) is 0 Å². The molecular formula is C9H11N3O. The Morgan fingerprint density at radius 2 is 2.38 bits per heavy atom. The molecule has 0 saturated heterocycles. The van der Waals surface area contributed by atoms with Crippen molar-refractivity contribution in [3.05, 3.63) is 30.1 Å². The molecule has 13 heavy (non-hydrogen) atoms. The Balaban J connectivity index is 2.60. The zero-order valence-electron chi connectivity index (χ0n) is 7.38. The van der Waals surface area contributed by atoms with E-state index in [1.165, 1.54) is 0 Å². The zero-order valence-corrected chi connectivity index (χ0v) is 7.38. The van der Waals surface area contributed by atoms with Gasteiger partial charge in [0.15, 0.2) is 0 Å². The zero-order chi connectivity index (χ0) is 9.26. The van der Waals surface area contributed by atoms with E-state index in [0.29, 0.717) is 6.42 Å². The monoisotopic (exact) mass is 177 g/mol. The Morgan fingerprint density at radius 3 is 3.15 bits per heavy atom. The SMILES string of the molecule is CC[C@H](O)c1cccc2cnnn12. The molecule has 2 rings (SSSR count). The Kier molecular flexibility index (Phi) is 1.98. The van der Waals surface area contributed by atoms with Crippen molar-refractivity contribution >= 4 is 5.52 Å². The highest BCUT2D eigenvalue weighted by Crippen LogP contribution is 2.16. The number of rotatable bonds is 2. The van der Waals surface area contributed by atoms with Crippen molar-refractivity contribution in [2.24, 2.45) is 0 Å². The van der Waals surface area contributed by atoms with Gasteiger partial charge in [0.1, 0.15) is 0 Å². The van der Waals surface area contributed by atoms with E-state index in [1.807, 2.05) is 25.1 Å². The van der Waals surface area contributed by atoms with Crippen LogP contribution in [0.4, 0.5) is 0 Å². The van der Waals surface area contributed by atoms with Crippen LogP contribution in [-0.4, -0.2) is 19.9 Å². The van der Waals surface area contributed by atoms with Crippen molar-refractivity contribution in [2.45, 2.75) is 19.4 Å². The van der Waals surface area contributed by atoms with Gasteiger partial charge in [-0.2, -0.15) is 0 Å². The first-order chi connectivity index (χ1) is 6.33. The van der Waals surface area contributed by atoms with Crippen molar-refractivity contribution in [1.29, 1.82) is 0 Å². The molecule has 0 aromatic carbocycles. The van der Waals surface area contributed by atoms with Crippen LogP contribution in [0.25, 0.3) is 5.52 Å². The minimum absolute atomic E-state index is 0.467. The number of hydrogen-bond donors (Lipinski definition) is 1. The molecular weight excluding hydrogens is 166 g/mol. The molecule has 0 aliphatic heterocycles. The van der Waals surface area contributed by atoms with Gasteiger partial charge in [0.05, 0.1) is 23.5 Å². The largest absolute Gasteiger partial charge is 0.387 e. The van der Waals surface area contributed by atoms with Gasteiger partial charge in [-0.1, -0.05) is 18.2 Å². The van der Waals surface area contributed by atoms with Gasteiger partial charge in [-0.15, -0.1) is 5.10 Å². The fraction of sp³-hybridized carbons (Fsp3) is 0.333. The number of aromatic nitrogens is 3. The molecule has 0 aliphatic rings. The molecule has 0 saturated carbocycles. The number of fused-ring (bicyclic) bond motifs is 1. The molecule has 68 valence electrons. The average Bonchev–Trinajstić information content (AvgIpc) is 2.63. The lowest BCUT2D eigenvalue weighted by molar-refractivity contribution is 0.166. The number of aliphatic hydroxyl groups excluding tert-OH is 1. The maximum Gasteiger partial charge on any atom is 0.0958 e. The highest BCUT2D eigenvalue weighted by atomic mass is 16.3. The minimum Gasteiger partial charge on any atom is -0.387 e. The molecule has 0 amide bonds. The van der Waals surface area contributed by atoms with Crippen LogP contribution in [0.2, 0.25) is 0 Å². The molecule has 4 heteroatoms. The third-order valence-corrected chi connectivity index (χ3v) is 2.08. The molecule has 1 atom stereocenters. The summed E-state index contributed by atoms with van der Waals surface area (Å²) < 4.78 is 1.66. The summed E-state index contributed by atoms with van der Waals surface area (Å²) in [5.41, 5.74) is 1.70. The second-order valence-corrected chi connectivity index (χ2v) is 2.95. The third kappa shape index (κ3) is 1.29. The molecule has 0 radical (unpaired) electrons. The van der Waals surface area contributed by atoms with E-state index in [0.717, 1.165) is 11.2 Å². The topological polar surface area (TPSA) is 50.4 Å². The molecule has 2 aromatic rings. The lowest BCUT2D eigenvalue weighted by Crippen LogP contribution is -2.04. The molecule has 0 spiro atoms. The van der Waals surface area contributed by atoms with Crippen LogP contribution >= 0.6 is 0 Å². The predicted molar refractivity (Wildman–Crippen MR) is 48.2 cm³/mol. The summed E-state index contributed by atoms with van der Waals surface area (Å²) in [6.45, 7) is 1.93. The van der Waals surface area contributed by atoms with Gasteiger partial charge in [0.25, 0.3) is 0 Å². The van der Waals surface area contributed by atoms with Gasteiger partial charge in [-0.05, 0) is 18.6 Å². The first-order valence-corrected chi connectivity index (χ1v) is 4.30. The summed E-state index contributed by atoms with van der Waals surface area (Å²) in [4.78, 5) is 0. The number of nitrogens with zero attached hydrogens (tertiary/aromatic N) is 3. The molecule has 4 nitrogen and oxygen atoms in total. The highest BCUT2D eigenvalue weighted by Gasteiger charge is 2.09. The van der Waals surface area contributed by atoms with Crippen LogP contribution in [0.3, 0.4) is 0 Å². The van der Waals surface area contributed by atoms with E-state index in [4.69, 9.17) is 0 Å². The second kappa shape index (κ2) is 3.14. The van der Waals surface area contributed by atoms with E-state index in [9.17, 15) is 5.11 Å². The summed E-state index contributed by atoms with van der Waals surface area (Å²) in [6, 6.07) is 5.66. The highest BCUT2D eigenvalue weighted by molar-refractivity contribution is 5.44. The average molecular weight is 177 g/mol. The van der Waals surface area contributed by atoms with Gasteiger partial charge in [0.2, 0.25) is 0 Å². The van der Waals surface area contributed by atoms with Crippen LogP contribution in [0.15, 0.2) is 24.4 Å². The fourth-order valence-corrected chi connectivity index (χ4v) is 1.33. The van der Waals surface area contributed by atoms with E-state index >= 15 is 0 Å². The van der Waals surface area contributed by atoms with Crippen LogP contribution < -0.4 is 0 Å². The Labute approximate surface area is 75.8 Å². The number of hydrogen-bond acceptors (Lipinski definition) is 3. The molecule has 0 aliphatic carbocycles. The van der Waals surface area contributed by atoms with Crippen molar-refractivity contribution in [2.75, 3.05) is 0 Å². The standard InChI is InChI=1S/C9H11N3O/c1-2-9(13)8-5-3-4-7-6-10-11-12(7)8/h3-6,9,13H,2H2,1H3/t9-/m0/s1. The first-order valence-electron chi connectivity index (χ1n) is 4.30. The van der Waals surface area contributed by atoms with E-state index in [2.05, 4.69) is 10.3 Å². The van der Waals surface area contributed by atoms with E-state index in [-0.39, 0.29) is 0 Å². The van der Waals surface area contributed by atoms with Crippen molar-refractivity contribution in [3.8, 4) is 0 Å².